The van der Waals surface area contributed by atoms with Crippen LogP contribution in [0.25, 0.3) is 11.0 Å². The third kappa shape index (κ3) is 4.77. The van der Waals surface area contributed by atoms with Gasteiger partial charge in [0.25, 0.3) is 0 Å². The minimum absolute atomic E-state index is 0.135. The molecule has 0 aliphatic carbocycles. The van der Waals surface area contributed by atoms with Gasteiger partial charge in [-0.15, -0.1) is 0 Å². The fraction of sp³-hybridized carbons (Fsp3) is 0.409. The van der Waals surface area contributed by atoms with Crippen molar-refractivity contribution in [1.29, 1.82) is 5.26 Å². The SMILES string of the molecule is COc1cc(S(=O)(=O)N2CCOCC2)ccc1Nc1nc(NCC(C)C)c2c(C#N)c[nH]c2n1. The molecule has 3 N–H and O–H groups in total. The molecule has 4 rings (SSSR count). The molecule has 3 aromatic rings. The number of sulfonamides is 1. The van der Waals surface area contributed by atoms with Crippen LogP contribution in [0, 0.1) is 17.2 Å². The Morgan fingerprint density at radius 3 is 2.74 bits per heavy atom. The Balaban J connectivity index is 1.67. The number of aromatic nitrogens is 3. The smallest absolute Gasteiger partial charge is 0.243 e. The van der Waals surface area contributed by atoms with Crippen LogP contribution in [0.1, 0.15) is 19.4 Å². The minimum atomic E-state index is -3.67. The van der Waals surface area contributed by atoms with Crippen molar-refractivity contribution < 1.29 is 17.9 Å². The molecule has 34 heavy (non-hydrogen) atoms. The summed E-state index contributed by atoms with van der Waals surface area (Å²) in [6, 6.07) is 6.77. The van der Waals surface area contributed by atoms with Gasteiger partial charge in [0.05, 0.1) is 41.9 Å². The summed E-state index contributed by atoms with van der Waals surface area (Å²) < 4.78 is 38.1. The maximum absolute atomic E-state index is 13.0. The summed E-state index contributed by atoms with van der Waals surface area (Å²) in [6.07, 6.45) is 1.59. The molecule has 0 atom stereocenters. The van der Waals surface area contributed by atoms with Crippen LogP contribution in [-0.4, -0.2) is 67.6 Å². The van der Waals surface area contributed by atoms with Crippen LogP contribution in [0.15, 0.2) is 29.3 Å². The molecule has 0 saturated carbocycles. The van der Waals surface area contributed by atoms with Gasteiger partial charge in [-0.05, 0) is 18.1 Å². The molecule has 0 bridgehead atoms. The zero-order valence-corrected chi connectivity index (χ0v) is 20.1. The normalized spacial score (nSPS) is 14.8. The van der Waals surface area contributed by atoms with E-state index in [1.54, 1.807) is 12.3 Å². The molecular formula is C22H27N7O4S. The van der Waals surface area contributed by atoms with E-state index in [-0.39, 0.29) is 10.8 Å². The van der Waals surface area contributed by atoms with E-state index in [1.165, 1.54) is 23.5 Å². The molecule has 0 spiro atoms. The number of hydrogen-bond donors (Lipinski definition) is 3. The highest BCUT2D eigenvalue weighted by molar-refractivity contribution is 7.89. The average Bonchev–Trinajstić information content (AvgIpc) is 3.26. The number of anilines is 3. The van der Waals surface area contributed by atoms with Gasteiger partial charge < -0.3 is 25.1 Å². The number of morpholine rings is 1. The lowest BCUT2D eigenvalue weighted by Gasteiger charge is -2.26. The number of methoxy groups -OCH3 is 1. The highest BCUT2D eigenvalue weighted by Gasteiger charge is 2.27. The second-order valence-corrected chi connectivity index (χ2v) is 10.1. The summed E-state index contributed by atoms with van der Waals surface area (Å²) in [6.45, 7) is 6.18. The second kappa shape index (κ2) is 9.84. The summed E-state index contributed by atoms with van der Waals surface area (Å²) in [5.74, 6) is 1.50. The number of rotatable bonds is 8. The van der Waals surface area contributed by atoms with Crippen molar-refractivity contribution in [2.24, 2.45) is 5.92 Å². The van der Waals surface area contributed by atoms with Gasteiger partial charge in [-0.25, -0.2) is 8.42 Å². The van der Waals surface area contributed by atoms with Gasteiger partial charge in [-0.2, -0.15) is 19.5 Å². The lowest BCUT2D eigenvalue weighted by atomic mass is 10.2. The van der Waals surface area contributed by atoms with E-state index in [9.17, 15) is 13.7 Å². The number of H-pyrrole nitrogens is 1. The van der Waals surface area contributed by atoms with Crippen molar-refractivity contribution in [2.75, 3.05) is 50.6 Å². The number of nitrogens with zero attached hydrogens (tertiary/aromatic N) is 4. The van der Waals surface area contributed by atoms with E-state index >= 15 is 0 Å². The van der Waals surface area contributed by atoms with E-state index in [4.69, 9.17) is 9.47 Å². The summed E-state index contributed by atoms with van der Waals surface area (Å²) in [4.78, 5) is 12.2. The van der Waals surface area contributed by atoms with Gasteiger partial charge in [-0.3, -0.25) is 0 Å². The van der Waals surface area contributed by atoms with Crippen molar-refractivity contribution in [2.45, 2.75) is 18.7 Å². The van der Waals surface area contributed by atoms with Crippen LogP contribution in [0.4, 0.5) is 17.5 Å². The van der Waals surface area contributed by atoms with E-state index in [2.05, 4.69) is 45.5 Å². The zero-order chi connectivity index (χ0) is 24.3. The van der Waals surface area contributed by atoms with Crippen LogP contribution in [0.2, 0.25) is 0 Å². The Bertz CT molecular complexity index is 1330. The largest absolute Gasteiger partial charge is 0.495 e. The lowest BCUT2D eigenvalue weighted by Crippen LogP contribution is -2.40. The van der Waals surface area contributed by atoms with Crippen molar-refractivity contribution in [1.82, 2.24) is 19.3 Å². The molecule has 11 nitrogen and oxygen atoms in total. The molecule has 12 heteroatoms. The highest BCUT2D eigenvalue weighted by atomic mass is 32.2. The fourth-order valence-corrected chi connectivity index (χ4v) is 5.02. The molecule has 1 fully saturated rings. The van der Waals surface area contributed by atoms with Crippen LogP contribution in [-0.2, 0) is 14.8 Å². The first kappa shape index (κ1) is 23.7. The predicted octanol–water partition coefficient (Wildman–Crippen LogP) is 2.67. The monoisotopic (exact) mass is 485 g/mol. The first-order valence-corrected chi connectivity index (χ1v) is 12.3. The highest BCUT2D eigenvalue weighted by Crippen LogP contribution is 2.32. The van der Waals surface area contributed by atoms with Gasteiger partial charge in [0.2, 0.25) is 16.0 Å². The first-order chi connectivity index (χ1) is 16.3. The zero-order valence-electron chi connectivity index (χ0n) is 19.3. The van der Waals surface area contributed by atoms with E-state index in [1.807, 2.05) is 0 Å². The molecule has 180 valence electrons. The standard InChI is InChI=1S/C22H27N7O4S/c1-14(2)12-24-20-19-15(11-23)13-25-21(19)28-22(27-20)26-17-5-4-16(10-18(17)32-3)34(30,31)29-6-8-33-9-7-29/h4-5,10,13-14H,6-9,12H2,1-3H3,(H3,24,25,26,27,28). The van der Waals surface area contributed by atoms with Crippen molar-refractivity contribution >= 4 is 38.5 Å². The van der Waals surface area contributed by atoms with Gasteiger partial charge in [0.1, 0.15) is 23.3 Å². The van der Waals surface area contributed by atoms with Gasteiger partial charge in [0.15, 0.2) is 0 Å². The number of hydrogen-bond acceptors (Lipinski definition) is 9. The Kier molecular flexibility index (Phi) is 6.87. The predicted molar refractivity (Wildman–Crippen MR) is 128 cm³/mol. The van der Waals surface area contributed by atoms with Crippen LogP contribution >= 0.6 is 0 Å². The fourth-order valence-electron chi connectivity index (χ4n) is 3.60. The molecule has 1 aliphatic rings. The summed E-state index contributed by atoms with van der Waals surface area (Å²) in [7, 11) is -2.20. The maximum Gasteiger partial charge on any atom is 0.243 e. The van der Waals surface area contributed by atoms with Crippen molar-refractivity contribution in [3.8, 4) is 11.8 Å². The molecule has 2 aromatic heterocycles. The molecule has 0 amide bonds. The van der Waals surface area contributed by atoms with E-state index in [0.717, 1.165) is 0 Å². The number of aromatic amines is 1. The number of benzene rings is 1. The van der Waals surface area contributed by atoms with Gasteiger partial charge in [-0.1, -0.05) is 13.8 Å². The second-order valence-electron chi connectivity index (χ2n) is 8.21. The van der Waals surface area contributed by atoms with Crippen LogP contribution < -0.4 is 15.4 Å². The molecule has 0 radical (unpaired) electrons. The lowest BCUT2D eigenvalue weighted by molar-refractivity contribution is 0.0730. The number of nitriles is 1. The third-order valence-corrected chi connectivity index (χ3v) is 7.25. The number of ether oxygens (including phenoxy) is 2. The summed E-state index contributed by atoms with van der Waals surface area (Å²) >= 11 is 0. The number of fused-ring (bicyclic) bond motifs is 1. The summed E-state index contributed by atoms with van der Waals surface area (Å²) in [5.41, 5.74) is 1.46. The van der Waals surface area contributed by atoms with Crippen LogP contribution in [0.3, 0.4) is 0 Å². The molecule has 3 heterocycles. The van der Waals surface area contributed by atoms with Crippen LogP contribution in [0.5, 0.6) is 5.75 Å². The minimum Gasteiger partial charge on any atom is -0.495 e. The molecule has 0 unspecified atom stereocenters. The summed E-state index contributed by atoms with van der Waals surface area (Å²) in [5, 5.41) is 16.4. The Morgan fingerprint density at radius 2 is 2.06 bits per heavy atom. The van der Waals surface area contributed by atoms with Gasteiger partial charge in [0, 0.05) is 31.9 Å². The third-order valence-electron chi connectivity index (χ3n) is 5.36. The Hall–Kier alpha value is -3.40. The average molecular weight is 486 g/mol. The van der Waals surface area contributed by atoms with Crippen molar-refractivity contribution in [3.63, 3.8) is 0 Å². The van der Waals surface area contributed by atoms with Gasteiger partial charge >= 0.3 is 0 Å². The molecule has 1 aromatic carbocycles. The first-order valence-electron chi connectivity index (χ1n) is 10.9. The number of nitrogens with one attached hydrogen (secondary N) is 3. The molecule has 1 aliphatic heterocycles. The van der Waals surface area contributed by atoms with E-state index in [0.29, 0.717) is 72.6 Å². The molecular weight excluding hydrogens is 458 g/mol. The van der Waals surface area contributed by atoms with Crippen molar-refractivity contribution in [3.05, 3.63) is 30.0 Å². The quantitative estimate of drug-likeness (QED) is 0.438. The van der Waals surface area contributed by atoms with E-state index < -0.39 is 10.0 Å². The Morgan fingerprint density at radius 1 is 1.29 bits per heavy atom. The Labute approximate surface area is 198 Å². The maximum atomic E-state index is 13.0. The topological polar surface area (TPSA) is 145 Å². The molecule has 1 saturated heterocycles.